The summed E-state index contributed by atoms with van der Waals surface area (Å²) in [6.45, 7) is 1.19. The van der Waals surface area contributed by atoms with Crippen molar-refractivity contribution < 1.29 is 19.4 Å². The molecule has 7 heteroatoms. The van der Waals surface area contributed by atoms with Crippen LogP contribution in [0.15, 0.2) is 48.5 Å². The van der Waals surface area contributed by atoms with Gasteiger partial charge in [0.1, 0.15) is 0 Å². The van der Waals surface area contributed by atoms with Crippen molar-refractivity contribution in [3.05, 3.63) is 70.2 Å². The summed E-state index contributed by atoms with van der Waals surface area (Å²) in [6.07, 6.45) is 0. The number of urea groups is 1. The minimum Gasteiger partial charge on any atom is -0.478 e. The fraction of sp³-hybridized carbons (Fsp3) is 0.263. The highest BCUT2D eigenvalue weighted by Crippen LogP contribution is 2.18. The zero-order valence-electron chi connectivity index (χ0n) is 14.4. The highest BCUT2D eigenvalue weighted by molar-refractivity contribution is 6.30. The second-order valence-electron chi connectivity index (χ2n) is 5.77. The molecule has 2 rings (SSSR count). The van der Waals surface area contributed by atoms with Gasteiger partial charge in [0, 0.05) is 31.1 Å². The Morgan fingerprint density at radius 1 is 1.08 bits per heavy atom. The van der Waals surface area contributed by atoms with Crippen LogP contribution in [0, 0.1) is 0 Å². The molecule has 0 aliphatic heterocycles. The van der Waals surface area contributed by atoms with Crippen LogP contribution in [0.3, 0.4) is 0 Å². The van der Waals surface area contributed by atoms with Crippen molar-refractivity contribution in [3.63, 3.8) is 0 Å². The summed E-state index contributed by atoms with van der Waals surface area (Å²) in [6, 6.07) is 13.5. The van der Waals surface area contributed by atoms with Crippen LogP contribution in [0.5, 0.6) is 0 Å². The highest BCUT2D eigenvalue weighted by atomic mass is 35.5. The van der Waals surface area contributed by atoms with Gasteiger partial charge in [0.05, 0.1) is 12.2 Å². The average molecular weight is 377 g/mol. The standard InChI is InChI=1S/C19H21ClN2O4/c1-26-12-16(14-6-8-17(20)9-7-14)11-22-19(25)21-10-13-2-4-15(5-3-13)18(23)24/h2-9,16H,10-12H2,1H3,(H,23,24)(H2,21,22,25). The fourth-order valence-corrected chi connectivity index (χ4v) is 2.56. The molecule has 0 aliphatic rings. The molecule has 0 aliphatic carbocycles. The summed E-state index contributed by atoms with van der Waals surface area (Å²) in [4.78, 5) is 22.8. The second kappa shape index (κ2) is 9.79. The molecule has 2 amide bonds. The molecule has 2 aromatic carbocycles. The molecular weight excluding hydrogens is 356 g/mol. The Morgan fingerprint density at radius 3 is 2.31 bits per heavy atom. The van der Waals surface area contributed by atoms with Crippen LogP contribution in [0.4, 0.5) is 4.79 Å². The molecule has 0 saturated carbocycles. The van der Waals surface area contributed by atoms with Gasteiger partial charge in [-0.3, -0.25) is 0 Å². The number of hydrogen-bond donors (Lipinski definition) is 3. The number of halogens is 1. The first-order chi connectivity index (χ1) is 12.5. The van der Waals surface area contributed by atoms with Crippen molar-refractivity contribution in [2.24, 2.45) is 0 Å². The molecule has 0 heterocycles. The van der Waals surface area contributed by atoms with Gasteiger partial charge in [-0.2, -0.15) is 0 Å². The van der Waals surface area contributed by atoms with Gasteiger partial charge in [-0.25, -0.2) is 9.59 Å². The van der Waals surface area contributed by atoms with E-state index in [1.807, 2.05) is 12.1 Å². The topological polar surface area (TPSA) is 87.7 Å². The van der Waals surface area contributed by atoms with E-state index in [0.717, 1.165) is 11.1 Å². The van der Waals surface area contributed by atoms with E-state index in [1.54, 1.807) is 31.4 Å². The van der Waals surface area contributed by atoms with Crippen molar-refractivity contribution >= 4 is 23.6 Å². The maximum Gasteiger partial charge on any atom is 0.335 e. The molecule has 3 N–H and O–H groups in total. The van der Waals surface area contributed by atoms with E-state index in [-0.39, 0.29) is 17.5 Å². The lowest BCUT2D eigenvalue weighted by Crippen LogP contribution is -2.38. The largest absolute Gasteiger partial charge is 0.478 e. The lowest BCUT2D eigenvalue weighted by molar-refractivity contribution is 0.0697. The summed E-state index contributed by atoms with van der Waals surface area (Å²) >= 11 is 5.90. The highest BCUT2D eigenvalue weighted by Gasteiger charge is 2.13. The van der Waals surface area contributed by atoms with Crippen LogP contribution in [0.25, 0.3) is 0 Å². The van der Waals surface area contributed by atoms with Crippen LogP contribution in [0.1, 0.15) is 27.4 Å². The van der Waals surface area contributed by atoms with Crippen LogP contribution in [-0.2, 0) is 11.3 Å². The Morgan fingerprint density at radius 2 is 1.73 bits per heavy atom. The number of methoxy groups -OCH3 is 1. The zero-order chi connectivity index (χ0) is 18.9. The van der Waals surface area contributed by atoms with Gasteiger partial charge in [-0.05, 0) is 35.4 Å². The number of carboxylic acids is 1. The molecule has 0 saturated heterocycles. The number of carbonyl (C=O) groups is 2. The fourth-order valence-electron chi connectivity index (χ4n) is 2.44. The minimum absolute atomic E-state index is 0.0119. The molecule has 0 fully saturated rings. The number of carbonyl (C=O) groups excluding carboxylic acids is 1. The van der Waals surface area contributed by atoms with Gasteiger partial charge < -0.3 is 20.5 Å². The van der Waals surface area contributed by atoms with E-state index in [1.165, 1.54) is 12.1 Å². The molecule has 2 aromatic rings. The van der Waals surface area contributed by atoms with Gasteiger partial charge in [-0.1, -0.05) is 35.9 Å². The van der Waals surface area contributed by atoms with Gasteiger partial charge in [0.2, 0.25) is 0 Å². The maximum absolute atomic E-state index is 12.0. The monoisotopic (exact) mass is 376 g/mol. The van der Waals surface area contributed by atoms with Gasteiger partial charge in [-0.15, -0.1) is 0 Å². The molecule has 6 nitrogen and oxygen atoms in total. The van der Waals surface area contributed by atoms with E-state index >= 15 is 0 Å². The van der Waals surface area contributed by atoms with E-state index < -0.39 is 5.97 Å². The number of carboxylic acid groups (broad SMARTS) is 1. The third-order valence-electron chi connectivity index (χ3n) is 3.87. The number of hydrogen-bond acceptors (Lipinski definition) is 3. The van der Waals surface area contributed by atoms with Crippen molar-refractivity contribution in [2.75, 3.05) is 20.3 Å². The first kappa shape index (κ1) is 19.8. The maximum atomic E-state index is 12.0. The number of nitrogens with one attached hydrogen (secondary N) is 2. The zero-order valence-corrected chi connectivity index (χ0v) is 15.1. The second-order valence-corrected chi connectivity index (χ2v) is 6.21. The molecule has 26 heavy (non-hydrogen) atoms. The molecule has 0 aromatic heterocycles. The summed E-state index contributed by atoms with van der Waals surface area (Å²) in [5.74, 6) is -0.966. The molecule has 0 spiro atoms. The van der Waals surface area contributed by atoms with Gasteiger partial charge in [0.15, 0.2) is 0 Å². The van der Waals surface area contributed by atoms with Crippen LogP contribution in [-0.4, -0.2) is 37.4 Å². The number of rotatable bonds is 8. The lowest BCUT2D eigenvalue weighted by atomic mass is 10.00. The normalized spacial score (nSPS) is 11.6. The van der Waals surface area contributed by atoms with Crippen molar-refractivity contribution in [1.82, 2.24) is 10.6 Å². The van der Waals surface area contributed by atoms with E-state index in [4.69, 9.17) is 21.4 Å². The number of benzene rings is 2. The van der Waals surface area contributed by atoms with Crippen LogP contribution >= 0.6 is 11.6 Å². The summed E-state index contributed by atoms with van der Waals surface area (Å²) < 4.78 is 5.23. The van der Waals surface area contributed by atoms with Crippen LogP contribution < -0.4 is 10.6 Å². The quantitative estimate of drug-likeness (QED) is 0.659. The average Bonchev–Trinajstić information content (AvgIpc) is 2.64. The predicted molar refractivity (Wildman–Crippen MR) is 99.7 cm³/mol. The van der Waals surface area contributed by atoms with Crippen LogP contribution in [0.2, 0.25) is 5.02 Å². The van der Waals surface area contributed by atoms with Crippen molar-refractivity contribution in [1.29, 1.82) is 0 Å². The van der Waals surface area contributed by atoms with E-state index in [9.17, 15) is 9.59 Å². The predicted octanol–water partition coefficient (Wildman–Crippen LogP) is 3.27. The van der Waals surface area contributed by atoms with Gasteiger partial charge in [0.25, 0.3) is 0 Å². The third kappa shape index (κ3) is 6.06. The van der Waals surface area contributed by atoms with Gasteiger partial charge >= 0.3 is 12.0 Å². The summed E-state index contributed by atoms with van der Waals surface area (Å²) in [5.41, 5.74) is 2.06. The number of amides is 2. The SMILES string of the molecule is COCC(CNC(=O)NCc1ccc(C(=O)O)cc1)c1ccc(Cl)cc1. The third-order valence-corrected chi connectivity index (χ3v) is 4.12. The molecule has 0 bridgehead atoms. The Kier molecular flexibility index (Phi) is 7.44. The lowest BCUT2D eigenvalue weighted by Gasteiger charge is -2.17. The van der Waals surface area contributed by atoms with E-state index in [0.29, 0.717) is 24.7 Å². The molecular formula is C19H21ClN2O4. The Balaban J connectivity index is 1.83. The number of ether oxygens (including phenoxy) is 1. The summed E-state index contributed by atoms with van der Waals surface area (Å²) in [5, 5.41) is 15.1. The number of aromatic carboxylic acids is 1. The van der Waals surface area contributed by atoms with E-state index in [2.05, 4.69) is 10.6 Å². The molecule has 1 unspecified atom stereocenters. The summed E-state index contributed by atoms with van der Waals surface area (Å²) in [7, 11) is 1.61. The molecule has 1 atom stereocenters. The first-order valence-electron chi connectivity index (χ1n) is 8.08. The Hall–Kier alpha value is -2.57. The Labute approximate surface area is 157 Å². The molecule has 138 valence electrons. The van der Waals surface area contributed by atoms with Crippen molar-refractivity contribution in [2.45, 2.75) is 12.5 Å². The minimum atomic E-state index is -0.978. The van der Waals surface area contributed by atoms with Crippen molar-refractivity contribution in [3.8, 4) is 0 Å². The molecule has 0 radical (unpaired) electrons. The Bertz CT molecular complexity index is 732. The smallest absolute Gasteiger partial charge is 0.335 e. The first-order valence-corrected chi connectivity index (χ1v) is 8.45.